The molecule has 1 aromatic rings. The van der Waals surface area contributed by atoms with Crippen LogP contribution in [0.4, 0.5) is 0 Å². The summed E-state index contributed by atoms with van der Waals surface area (Å²) in [4.78, 5) is 0. The van der Waals surface area contributed by atoms with Crippen LogP contribution in [0.5, 0.6) is 0 Å². The minimum absolute atomic E-state index is 0.648. The van der Waals surface area contributed by atoms with Crippen LogP contribution in [0.1, 0.15) is 30.9 Å². The van der Waals surface area contributed by atoms with Gasteiger partial charge in [0.05, 0.1) is 0 Å². The van der Waals surface area contributed by atoms with Gasteiger partial charge in [0, 0.05) is 0 Å². The summed E-state index contributed by atoms with van der Waals surface area (Å²) < 4.78 is 0. The van der Waals surface area contributed by atoms with E-state index in [2.05, 4.69) is 45.8 Å². The average molecular weight is 160 g/mol. The van der Waals surface area contributed by atoms with E-state index >= 15 is 0 Å². The number of aryl methyl sites for hydroxylation is 1. The summed E-state index contributed by atoms with van der Waals surface area (Å²) in [5.41, 5.74) is 4.35. The number of hydrogen-bond donors (Lipinski definition) is 0. The molecule has 1 rings (SSSR count). The lowest BCUT2D eigenvalue weighted by molar-refractivity contribution is 0.865. The van der Waals surface area contributed by atoms with Crippen molar-refractivity contribution in [3.05, 3.63) is 29.3 Å². The predicted molar refractivity (Wildman–Crippen MR) is 57.9 cm³/mol. The molecule has 0 saturated carbocycles. The third-order valence-corrected chi connectivity index (χ3v) is 2.41. The molecular weight excluding hydrogens is 143 g/mol. The van der Waals surface area contributed by atoms with Gasteiger partial charge in [-0.15, -0.1) is 0 Å². The Kier molecular flexibility index (Phi) is 2.96. The van der Waals surface area contributed by atoms with Gasteiger partial charge in [0.15, 0.2) is 7.28 Å². The van der Waals surface area contributed by atoms with Gasteiger partial charge in [0.2, 0.25) is 0 Å². The highest BCUT2D eigenvalue weighted by molar-refractivity contribution is 6.52. The summed E-state index contributed by atoms with van der Waals surface area (Å²) in [6, 6.07) is 6.81. The first-order valence-electron chi connectivity index (χ1n) is 4.74. The lowest BCUT2D eigenvalue weighted by atomic mass is 9.70. The van der Waals surface area contributed by atoms with E-state index in [4.69, 9.17) is 0 Å². The van der Waals surface area contributed by atoms with Crippen molar-refractivity contribution in [2.75, 3.05) is 0 Å². The molecule has 0 aliphatic carbocycles. The first kappa shape index (κ1) is 9.37. The molecule has 1 heteroatoms. The maximum absolute atomic E-state index is 2.31. The van der Waals surface area contributed by atoms with Gasteiger partial charge in [-0.1, -0.05) is 49.9 Å². The standard InChI is InChI=1S/C11H17B/c1-8(2)10-5-6-11(12-4)9(3)7-10/h5-8,12H,1-4H3. The van der Waals surface area contributed by atoms with Crippen molar-refractivity contribution in [2.24, 2.45) is 0 Å². The van der Waals surface area contributed by atoms with Crippen LogP contribution in [-0.2, 0) is 0 Å². The van der Waals surface area contributed by atoms with Gasteiger partial charge in [-0.25, -0.2) is 0 Å². The second-order valence-electron chi connectivity index (χ2n) is 3.69. The van der Waals surface area contributed by atoms with Gasteiger partial charge >= 0.3 is 0 Å². The fourth-order valence-corrected chi connectivity index (χ4v) is 1.47. The van der Waals surface area contributed by atoms with E-state index in [-0.39, 0.29) is 0 Å². The maximum atomic E-state index is 2.31. The molecule has 0 fully saturated rings. The first-order chi connectivity index (χ1) is 5.65. The van der Waals surface area contributed by atoms with Gasteiger partial charge in [-0.3, -0.25) is 0 Å². The highest BCUT2D eigenvalue weighted by atomic mass is 14.0. The molecule has 64 valence electrons. The van der Waals surface area contributed by atoms with E-state index in [1.165, 1.54) is 16.6 Å². The molecule has 0 bridgehead atoms. The summed E-state index contributed by atoms with van der Waals surface area (Å²) in [5, 5.41) is 0. The van der Waals surface area contributed by atoms with Crippen molar-refractivity contribution in [1.29, 1.82) is 0 Å². The average Bonchev–Trinajstić information content (AvgIpc) is 2.04. The normalized spacial score (nSPS) is 10.4. The molecule has 0 N–H and O–H groups in total. The quantitative estimate of drug-likeness (QED) is 0.582. The zero-order valence-electron chi connectivity index (χ0n) is 8.52. The van der Waals surface area contributed by atoms with Crippen molar-refractivity contribution in [3.8, 4) is 0 Å². The first-order valence-corrected chi connectivity index (χ1v) is 4.74. The molecule has 0 nitrogen and oxygen atoms in total. The number of rotatable bonds is 2. The van der Waals surface area contributed by atoms with Gasteiger partial charge in [0.1, 0.15) is 0 Å². The molecule has 12 heavy (non-hydrogen) atoms. The second kappa shape index (κ2) is 3.80. The van der Waals surface area contributed by atoms with Crippen LogP contribution in [0.25, 0.3) is 0 Å². The van der Waals surface area contributed by atoms with Crippen LogP contribution in [0, 0.1) is 6.92 Å². The lowest BCUT2D eigenvalue weighted by Gasteiger charge is -2.08. The minimum Gasteiger partial charge on any atom is -0.0849 e. The molecule has 0 aliphatic rings. The van der Waals surface area contributed by atoms with Crippen LogP contribution < -0.4 is 5.46 Å². The highest BCUT2D eigenvalue weighted by Crippen LogP contribution is 2.13. The van der Waals surface area contributed by atoms with E-state index in [9.17, 15) is 0 Å². The SMILES string of the molecule is CBc1ccc(C(C)C)cc1C. The smallest absolute Gasteiger partial charge is 0.0849 e. The van der Waals surface area contributed by atoms with Crippen molar-refractivity contribution in [2.45, 2.75) is 33.5 Å². The van der Waals surface area contributed by atoms with Crippen LogP contribution >= 0.6 is 0 Å². The molecule has 0 unspecified atom stereocenters. The molecule has 0 aliphatic heterocycles. The van der Waals surface area contributed by atoms with Crippen LogP contribution in [0.3, 0.4) is 0 Å². The van der Waals surface area contributed by atoms with E-state index in [1.54, 1.807) is 0 Å². The van der Waals surface area contributed by atoms with E-state index in [0.29, 0.717) is 5.92 Å². The predicted octanol–water partition coefficient (Wildman–Crippen LogP) is 2.23. The Morgan fingerprint density at radius 1 is 1.25 bits per heavy atom. The Morgan fingerprint density at radius 2 is 1.92 bits per heavy atom. The van der Waals surface area contributed by atoms with E-state index in [1.807, 2.05) is 0 Å². The lowest BCUT2D eigenvalue weighted by Crippen LogP contribution is -2.14. The van der Waals surface area contributed by atoms with Gasteiger partial charge in [-0.2, -0.15) is 0 Å². The van der Waals surface area contributed by atoms with Crippen molar-refractivity contribution >= 4 is 12.7 Å². The molecule has 0 radical (unpaired) electrons. The number of hydrogen-bond acceptors (Lipinski definition) is 0. The molecule has 0 spiro atoms. The fourth-order valence-electron chi connectivity index (χ4n) is 1.47. The largest absolute Gasteiger partial charge is 0.154 e. The van der Waals surface area contributed by atoms with Crippen LogP contribution in [0.15, 0.2) is 18.2 Å². The van der Waals surface area contributed by atoms with Gasteiger partial charge in [0.25, 0.3) is 0 Å². The number of benzene rings is 1. The summed E-state index contributed by atoms with van der Waals surface area (Å²) in [5.74, 6) is 0.648. The Morgan fingerprint density at radius 3 is 2.33 bits per heavy atom. The van der Waals surface area contributed by atoms with E-state index < -0.39 is 0 Å². The van der Waals surface area contributed by atoms with Gasteiger partial charge < -0.3 is 0 Å². The summed E-state index contributed by atoms with van der Waals surface area (Å²) in [6.45, 7) is 8.88. The molecular formula is C11H17B. The molecule has 0 atom stereocenters. The summed E-state index contributed by atoms with van der Waals surface area (Å²) in [6.07, 6.45) is 0. The fraction of sp³-hybridized carbons (Fsp3) is 0.455. The zero-order valence-corrected chi connectivity index (χ0v) is 8.52. The summed E-state index contributed by atoms with van der Waals surface area (Å²) >= 11 is 0. The van der Waals surface area contributed by atoms with Crippen molar-refractivity contribution in [1.82, 2.24) is 0 Å². The van der Waals surface area contributed by atoms with E-state index in [0.717, 1.165) is 7.28 Å². The van der Waals surface area contributed by atoms with Crippen LogP contribution in [-0.4, -0.2) is 7.28 Å². The highest BCUT2D eigenvalue weighted by Gasteiger charge is 2.01. The monoisotopic (exact) mass is 160 g/mol. The Bertz CT molecular complexity index is 264. The van der Waals surface area contributed by atoms with Gasteiger partial charge in [-0.05, 0) is 18.4 Å². The van der Waals surface area contributed by atoms with Crippen LogP contribution in [0.2, 0.25) is 6.82 Å². The topological polar surface area (TPSA) is 0 Å². The molecule has 0 amide bonds. The minimum atomic E-state index is 0.648. The third-order valence-electron chi connectivity index (χ3n) is 2.41. The second-order valence-corrected chi connectivity index (χ2v) is 3.69. The van der Waals surface area contributed by atoms with Crippen molar-refractivity contribution < 1.29 is 0 Å². The molecule has 0 aromatic heterocycles. The molecule has 1 aromatic carbocycles. The zero-order chi connectivity index (χ0) is 9.14. The third kappa shape index (κ3) is 1.91. The molecule has 0 heterocycles. The van der Waals surface area contributed by atoms with Crippen molar-refractivity contribution in [3.63, 3.8) is 0 Å². The molecule has 0 saturated heterocycles. The summed E-state index contributed by atoms with van der Waals surface area (Å²) in [7, 11) is 1.14. The maximum Gasteiger partial charge on any atom is 0.154 e. The Balaban J connectivity index is 3.02. The Hall–Kier alpha value is -0.715. The Labute approximate surface area is 76.2 Å².